The van der Waals surface area contributed by atoms with Crippen molar-refractivity contribution < 1.29 is 17.6 Å². The smallest absolute Gasteiger partial charge is 0.249 e. The molecule has 1 aliphatic carbocycles. The van der Waals surface area contributed by atoms with Crippen LogP contribution in [0.15, 0.2) is 70.3 Å². The molecule has 11 nitrogen and oxygen atoms in total. The maximum absolute atomic E-state index is 14.3. The van der Waals surface area contributed by atoms with Gasteiger partial charge < -0.3 is 10.6 Å². The van der Waals surface area contributed by atoms with E-state index in [9.17, 15) is 17.6 Å². The second-order valence-electron chi connectivity index (χ2n) is 8.04. The highest BCUT2D eigenvalue weighted by atomic mass is 32.2. The Balaban J connectivity index is 1.48. The largest absolute Gasteiger partial charge is 0.324 e. The van der Waals surface area contributed by atoms with Crippen LogP contribution in [0, 0.1) is 12.7 Å². The summed E-state index contributed by atoms with van der Waals surface area (Å²) in [5, 5.41) is 14.9. The Morgan fingerprint density at radius 1 is 1.25 bits per heavy atom. The molecule has 0 radical (unpaired) electrons. The van der Waals surface area contributed by atoms with E-state index < -0.39 is 15.8 Å². The van der Waals surface area contributed by atoms with Gasteiger partial charge in [0.05, 0.1) is 11.1 Å². The molecule has 0 fully saturated rings. The summed E-state index contributed by atoms with van der Waals surface area (Å²) in [7, 11) is -2.16. The van der Waals surface area contributed by atoms with Gasteiger partial charge in [-0.1, -0.05) is 12.1 Å². The average molecular weight is 511 g/mol. The van der Waals surface area contributed by atoms with Crippen LogP contribution in [-0.2, 0) is 21.9 Å². The van der Waals surface area contributed by atoms with Crippen LogP contribution < -0.4 is 15.8 Å². The van der Waals surface area contributed by atoms with Crippen molar-refractivity contribution in [3.05, 3.63) is 71.8 Å². The highest BCUT2D eigenvalue weighted by molar-refractivity contribution is 7.89. The molecular formula is C23H23FN8O3S. The quantitative estimate of drug-likeness (QED) is 0.430. The van der Waals surface area contributed by atoms with Crippen LogP contribution in [0.5, 0.6) is 0 Å². The lowest BCUT2D eigenvalue weighted by molar-refractivity contribution is -0.112. The predicted molar refractivity (Wildman–Crippen MR) is 133 cm³/mol. The van der Waals surface area contributed by atoms with Crippen molar-refractivity contribution in [3.63, 3.8) is 0 Å². The second-order valence-corrected chi connectivity index (χ2v) is 9.56. The number of nitrogens with zero attached hydrogens (tertiary/aromatic N) is 5. The number of allylic oxidation sites excluding steroid dienone is 3. The average Bonchev–Trinajstić information content (AvgIpc) is 3.22. The first-order chi connectivity index (χ1) is 17.1. The zero-order valence-corrected chi connectivity index (χ0v) is 20.3. The summed E-state index contributed by atoms with van der Waals surface area (Å²) in [4.78, 5) is 24.4. The van der Waals surface area contributed by atoms with E-state index in [0.29, 0.717) is 35.6 Å². The molecule has 4 N–H and O–H groups in total. The van der Waals surface area contributed by atoms with E-state index in [-0.39, 0.29) is 22.6 Å². The number of halogens is 1. The Kier molecular flexibility index (Phi) is 7.03. The number of primary sulfonamides is 1. The van der Waals surface area contributed by atoms with Crippen LogP contribution in [-0.4, -0.2) is 39.8 Å². The van der Waals surface area contributed by atoms with Crippen molar-refractivity contribution in [1.29, 1.82) is 0 Å². The molecule has 13 heteroatoms. The Bertz CT molecular complexity index is 1530. The van der Waals surface area contributed by atoms with E-state index in [4.69, 9.17) is 5.14 Å². The minimum absolute atomic E-state index is 0.0338. The van der Waals surface area contributed by atoms with Gasteiger partial charge in [-0.2, -0.15) is 10.1 Å². The number of hydrogen-bond acceptors (Lipinski definition) is 8. The molecule has 1 aromatic carbocycles. The Morgan fingerprint density at radius 3 is 2.72 bits per heavy atom. The van der Waals surface area contributed by atoms with Crippen molar-refractivity contribution in [1.82, 2.24) is 19.7 Å². The van der Waals surface area contributed by atoms with Gasteiger partial charge in [-0.05, 0) is 49.1 Å². The molecule has 0 atom stereocenters. The van der Waals surface area contributed by atoms with Gasteiger partial charge in [0, 0.05) is 36.8 Å². The van der Waals surface area contributed by atoms with Crippen molar-refractivity contribution in [2.75, 3.05) is 10.6 Å². The van der Waals surface area contributed by atoms with Crippen LogP contribution in [0.25, 0.3) is 0 Å². The number of sulfonamides is 1. The Hall–Kier alpha value is -4.23. The first-order valence-electron chi connectivity index (χ1n) is 10.8. The van der Waals surface area contributed by atoms with Gasteiger partial charge in [-0.15, -0.1) is 0 Å². The zero-order chi connectivity index (χ0) is 25.9. The summed E-state index contributed by atoms with van der Waals surface area (Å²) in [5.41, 5.74) is 2.22. The maximum Gasteiger partial charge on any atom is 0.249 e. The van der Waals surface area contributed by atoms with Crippen molar-refractivity contribution >= 4 is 44.9 Å². The molecule has 0 aliphatic heterocycles. The Morgan fingerprint density at radius 2 is 2.06 bits per heavy atom. The van der Waals surface area contributed by atoms with Gasteiger partial charge >= 0.3 is 0 Å². The monoisotopic (exact) mass is 510 g/mol. The predicted octanol–water partition coefficient (Wildman–Crippen LogP) is 3.04. The van der Waals surface area contributed by atoms with Crippen LogP contribution in [0.2, 0.25) is 0 Å². The molecule has 2 aromatic heterocycles. The fraction of sp³-hybridized carbons (Fsp3) is 0.174. The van der Waals surface area contributed by atoms with Crippen molar-refractivity contribution in [3.8, 4) is 0 Å². The number of aliphatic imine (C=N–C) groups is 1. The third-order valence-electron chi connectivity index (χ3n) is 5.17. The third kappa shape index (κ3) is 6.25. The molecule has 2 heterocycles. The van der Waals surface area contributed by atoms with Crippen molar-refractivity contribution in [2.24, 2.45) is 17.2 Å². The van der Waals surface area contributed by atoms with Gasteiger partial charge in [0.15, 0.2) is 17.5 Å². The molecule has 0 saturated heterocycles. The number of rotatable bonds is 6. The summed E-state index contributed by atoms with van der Waals surface area (Å²) in [6.45, 7) is 1.62. The minimum atomic E-state index is -3.91. The zero-order valence-electron chi connectivity index (χ0n) is 19.4. The number of benzene rings is 1. The number of carbonyl (C=O) groups excluding carboxylic acids is 1. The lowest BCUT2D eigenvalue weighted by Crippen LogP contribution is -2.14. The van der Waals surface area contributed by atoms with Crippen LogP contribution in [0.3, 0.4) is 0 Å². The SMILES string of the molecule is Cc1ccc(Nc2ncc(F)c(N=C3C=CC(=CC(=O)Nc4ccn(C)n4)CC3)n2)cc1S(N)(=O)=O. The normalized spacial score (nSPS) is 15.9. The number of nitrogens with two attached hydrogens (primary N) is 1. The van der Waals surface area contributed by atoms with Crippen LogP contribution in [0.4, 0.5) is 27.7 Å². The summed E-state index contributed by atoms with van der Waals surface area (Å²) < 4.78 is 39.4. The number of anilines is 3. The summed E-state index contributed by atoms with van der Waals surface area (Å²) in [5.74, 6) is -0.700. The van der Waals surface area contributed by atoms with Crippen LogP contribution >= 0.6 is 0 Å². The fourth-order valence-corrected chi connectivity index (χ4v) is 4.22. The first kappa shape index (κ1) is 24.9. The van der Waals surface area contributed by atoms with Gasteiger partial charge in [0.25, 0.3) is 0 Å². The highest BCUT2D eigenvalue weighted by Gasteiger charge is 2.14. The number of aromatic nitrogens is 4. The van der Waals surface area contributed by atoms with E-state index in [0.717, 1.165) is 11.8 Å². The molecule has 36 heavy (non-hydrogen) atoms. The van der Waals surface area contributed by atoms with Gasteiger partial charge in [0.2, 0.25) is 21.9 Å². The summed E-state index contributed by atoms with van der Waals surface area (Å²) in [6, 6.07) is 6.26. The fourth-order valence-electron chi connectivity index (χ4n) is 3.41. The van der Waals surface area contributed by atoms with Gasteiger partial charge in [-0.3, -0.25) is 9.48 Å². The standard InChI is InChI=1S/C23H23FN8O3S/c1-14-3-6-17(12-19(14)36(25,34)35)28-23-26-13-18(24)22(30-23)27-16-7-4-15(5-8-16)11-21(33)29-20-9-10-32(2)31-20/h3-4,6-7,9-13H,5,8H2,1-2H3,(H2,25,34,35)(H,26,28,30)(H,29,31,33). The molecule has 0 bridgehead atoms. The molecule has 3 aromatic rings. The highest BCUT2D eigenvalue weighted by Crippen LogP contribution is 2.24. The second kappa shape index (κ2) is 10.2. The summed E-state index contributed by atoms with van der Waals surface area (Å²) >= 11 is 0. The van der Waals surface area contributed by atoms with E-state index in [1.165, 1.54) is 12.1 Å². The number of amides is 1. The molecule has 0 unspecified atom stereocenters. The first-order valence-corrected chi connectivity index (χ1v) is 12.3. The van der Waals surface area contributed by atoms with E-state index >= 15 is 0 Å². The summed E-state index contributed by atoms with van der Waals surface area (Å²) in [6.07, 6.45) is 8.61. The van der Waals surface area contributed by atoms with Crippen LogP contribution in [0.1, 0.15) is 18.4 Å². The van der Waals surface area contributed by atoms with E-state index in [1.807, 2.05) is 0 Å². The minimum Gasteiger partial charge on any atom is -0.324 e. The molecule has 1 aliphatic rings. The molecule has 0 saturated carbocycles. The third-order valence-corrected chi connectivity index (χ3v) is 6.22. The lowest BCUT2D eigenvalue weighted by Gasteiger charge is -2.11. The van der Waals surface area contributed by atoms with Crippen molar-refractivity contribution in [2.45, 2.75) is 24.7 Å². The number of hydrogen-bond donors (Lipinski definition) is 3. The van der Waals surface area contributed by atoms with Gasteiger partial charge in [-0.25, -0.2) is 27.9 Å². The lowest BCUT2D eigenvalue weighted by atomic mass is 10.00. The van der Waals surface area contributed by atoms with Gasteiger partial charge in [0.1, 0.15) is 0 Å². The van der Waals surface area contributed by atoms with E-state index in [2.05, 4.69) is 30.7 Å². The number of carbonyl (C=O) groups is 1. The maximum atomic E-state index is 14.3. The molecule has 186 valence electrons. The molecule has 0 spiro atoms. The van der Waals surface area contributed by atoms with E-state index in [1.54, 1.807) is 55.2 Å². The molecule has 4 rings (SSSR count). The number of nitrogens with one attached hydrogen (secondary N) is 2. The molecular weight excluding hydrogens is 487 g/mol. The topological polar surface area (TPSA) is 157 Å². The molecule has 1 amide bonds. The Labute approximate surface area is 206 Å². The number of aryl methyl sites for hydroxylation is 2.